The van der Waals surface area contributed by atoms with Crippen molar-refractivity contribution in [2.45, 2.75) is 13.8 Å². The number of carbonyl (C=O) groups excluding carboxylic acids is 1. The van der Waals surface area contributed by atoms with Crippen molar-refractivity contribution >= 4 is 12.1 Å². The summed E-state index contributed by atoms with van der Waals surface area (Å²) in [4.78, 5) is 12.0. The molecule has 0 fully saturated rings. The minimum Gasteiger partial charge on any atom is -0.508 e. The highest BCUT2D eigenvalue weighted by Gasteiger charge is 2.11. The first kappa shape index (κ1) is 17.3. The van der Waals surface area contributed by atoms with Crippen LogP contribution >= 0.6 is 0 Å². The van der Waals surface area contributed by atoms with Crippen LogP contribution in [-0.2, 0) is 0 Å². The fourth-order valence-electron chi connectivity index (χ4n) is 2.54. The third-order valence-corrected chi connectivity index (χ3v) is 3.89. The molecule has 7 heteroatoms. The fourth-order valence-corrected chi connectivity index (χ4v) is 2.54. The van der Waals surface area contributed by atoms with Crippen LogP contribution in [0.25, 0.3) is 5.69 Å². The number of phenols is 1. The zero-order valence-corrected chi connectivity index (χ0v) is 14.3. The SMILES string of the molecule is Cc1nn(-c2ccc(F)cc2)c(C)c1/C=N\NC(=O)c1cccc(O)c1. The van der Waals surface area contributed by atoms with Crippen LogP contribution in [0.5, 0.6) is 5.75 Å². The Morgan fingerprint density at radius 3 is 2.65 bits per heavy atom. The topological polar surface area (TPSA) is 79.5 Å². The van der Waals surface area contributed by atoms with Gasteiger partial charge in [-0.25, -0.2) is 14.5 Å². The van der Waals surface area contributed by atoms with Crippen LogP contribution in [0.2, 0.25) is 0 Å². The lowest BCUT2D eigenvalue weighted by Crippen LogP contribution is -2.17. The van der Waals surface area contributed by atoms with Gasteiger partial charge in [0.25, 0.3) is 5.91 Å². The highest BCUT2D eigenvalue weighted by molar-refractivity contribution is 5.95. The molecule has 0 atom stereocenters. The maximum Gasteiger partial charge on any atom is 0.271 e. The smallest absolute Gasteiger partial charge is 0.271 e. The molecule has 3 aromatic rings. The van der Waals surface area contributed by atoms with E-state index in [1.54, 1.807) is 28.9 Å². The number of phenolic OH excluding ortho intramolecular Hbond substituents is 1. The maximum atomic E-state index is 13.1. The van der Waals surface area contributed by atoms with Crippen molar-refractivity contribution in [2.75, 3.05) is 0 Å². The summed E-state index contributed by atoms with van der Waals surface area (Å²) < 4.78 is 14.8. The number of nitrogens with zero attached hydrogens (tertiary/aromatic N) is 3. The average molecular weight is 352 g/mol. The van der Waals surface area contributed by atoms with Gasteiger partial charge in [0.2, 0.25) is 0 Å². The van der Waals surface area contributed by atoms with E-state index in [0.29, 0.717) is 5.56 Å². The highest BCUT2D eigenvalue weighted by atomic mass is 19.1. The number of carbonyl (C=O) groups is 1. The monoisotopic (exact) mass is 352 g/mol. The summed E-state index contributed by atoms with van der Waals surface area (Å²) in [5, 5.41) is 17.8. The van der Waals surface area contributed by atoms with Crippen molar-refractivity contribution in [1.82, 2.24) is 15.2 Å². The Labute approximate surface area is 149 Å². The number of hydrazone groups is 1. The molecule has 1 heterocycles. The molecule has 0 aliphatic heterocycles. The van der Waals surface area contributed by atoms with Gasteiger partial charge in [-0.15, -0.1) is 0 Å². The largest absolute Gasteiger partial charge is 0.508 e. The molecule has 2 aromatic carbocycles. The predicted molar refractivity (Wildman–Crippen MR) is 96.2 cm³/mol. The number of benzene rings is 2. The molecule has 2 N–H and O–H groups in total. The molecule has 6 nitrogen and oxygen atoms in total. The molecular weight excluding hydrogens is 335 g/mol. The zero-order valence-electron chi connectivity index (χ0n) is 14.3. The lowest BCUT2D eigenvalue weighted by molar-refractivity contribution is 0.0954. The van der Waals surface area contributed by atoms with E-state index in [1.807, 2.05) is 13.8 Å². The van der Waals surface area contributed by atoms with Crippen LogP contribution in [0.1, 0.15) is 27.3 Å². The molecule has 0 radical (unpaired) electrons. The second-order valence-electron chi connectivity index (χ2n) is 5.72. The van der Waals surface area contributed by atoms with Crippen LogP contribution in [0.3, 0.4) is 0 Å². The summed E-state index contributed by atoms with van der Waals surface area (Å²) in [5.74, 6) is -0.737. The minimum atomic E-state index is -0.432. The Morgan fingerprint density at radius 1 is 1.23 bits per heavy atom. The quantitative estimate of drug-likeness (QED) is 0.559. The normalized spacial score (nSPS) is 11.0. The molecule has 0 saturated heterocycles. The lowest BCUT2D eigenvalue weighted by Gasteiger charge is -2.04. The summed E-state index contributed by atoms with van der Waals surface area (Å²) in [6.07, 6.45) is 1.51. The number of aromatic hydroxyl groups is 1. The third kappa shape index (κ3) is 3.61. The first-order chi connectivity index (χ1) is 12.5. The first-order valence-corrected chi connectivity index (χ1v) is 7.90. The Hall–Kier alpha value is -3.48. The Bertz CT molecular complexity index is 978. The average Bonchev–Trinajstić information content (AvgIpc) is 2.90. The van der Waals surface area contributed by atoms with Gasteiger partial charge in [-0.2, -0.15) is 10.2 Å². The van der Waals surface area contributed by atoms with Crippen LogP contribution in [0, 0.1) is 19.7 Å². The Kier molecular flexibility index (Phi) is 4.79. The number of rotatable bonds is 4. The lowest BCUT2D eigenvalue weighted by atomic mass is 10.2. The van der Waals surface area contributed by atoms with E-state index < -0.39 is 5.91 Å². The summed E-state index contributed by atoms with van der Waals surface area (Å²) in [6, 6.07) is 12.0. The van der Waals surface area contributed by atoms with Crippen LogP contribution in [-0.4, -0.2) is 27.0 Å². The predicted octanol–water partition coefficient (Wildman–Crippen LogP) is 3.10. The molecule has 1 aromatic heterocycles. The summed E-state index contributed by atoms with van der Waals surface area (Å²) >= 11 is 0. The van der Waals surface area contributed by atoms with Gasteiger partial charge in [-0.3, -0.25) is 4.79 Å². The van der Waals surface area contributed by atoms with Gasteiger partial charge in [0.05, 0.1) is 23.3 Å². The molecule has 132 valence electrons. The van der Waals surface area contributed by atoms with Gasteiger partial charge in [0.1, 0.15) is 11.6 Å². The van der Waals surface area contributed by atoms with E-state index in [9.17, 15) is 14.3 Å². The van der Waals surface area contributed by atoms with Crippen molar-refractivity contribution in [3.8, 4) is 11.4 Å². The van der Waals surface area contributed by atoms with Gasteiger partial charge < -0.3 is 5.11 Å². The van der Waals surface area contributed by atoms with E-state index in [-0.39, 0.29) is 11.6 Å². The fraction of sp³-hybridized carbons (Fsp3) is 0.105. The highest BCUT2D eigenvalue weighted by Crippen LogP contribution is 2.17. The minimum absolute atomic E-state index is 0.00823. The first-order valence-electron chi connectivity index (χ1n) is 7.90. The second kappa shape index (κ2) is 7.18. The molecule has 26 heavy (non-hydrogen) atoms. The standard InChI is InChI=1S/C19H17FN4O2/c1-12-18(11-21-22-19(26)14-4-3-5-17(25)10-14)13(2)24(23-12)16-8-6-15(20)7-9-16/h3-11,25H,1-2H3,(H,22,26)/b21-11-. The van der Waals surface area contributed by atoms with Crippen molar-refractivity contribution in [1.29, 1.82) is 0 Å². The third-order valence-electron chi connectivity index (χ3n) is 3.89. The van der Waals surface area contributed by atoms with E-state index in [4.69, 9.17) is 0 Å². The van der Waals surface area contributed by atoms with Gasteiger partial charge in [-0.1, -0.05) is 6.07 Å². The second-order valence-corrected chi connectivity index (χ2v) is 5.72. The van der Waals surface area contributed by atoms with Crippen LogP contribution < -0.4 is 5.43 Å². The molecule has 1 amide bonds. The molecule has 0 aliphatic rings. The number of aryl methyl sites for hydroxylation is 1. The maximum absolute atomic E-state index is 13.1. The molecule has 0 bridgehead atoms. The van der Waals surface area contributed by atoms with E-state index in [1.165, 1.54) is 30.5 Å². The molecule has 3 rings (SSSR count). The van der Waals surface area contributed by atoms with Gasteiger partial charge >= 0.3 is 0 Å². The molecule has 0 unspecified atom stereocenters. The van der Waals surface area contributed by atoms with Crippen LogP contribution in [0.4, 0.5) is 4.39 Å². The number of hydrogen-bond acceptors (Lipinski definition) is 4. The van der Waals surface area contributed by atoms with E-state index >= 15 is 0 Å². The number of nitrogens with one attached hydrogen (secondary N) is 1. The summed E-state index contributed by atoms with van der Waals surface area (Å²) in [6.45, 7) is 3.69. The number of hydrogen-bond donors (Lipinski definition) is 2. The van der Waals surface area contributed by atoms with Crippen molar-refractivity contribution < 1.29 is 14.3 Å². The van der Waals surface area contributed by atoms with Crippen molar-refractivity contribution in [2.24, 2.45) is 5.10 Å². The van der Waals surface area contributed by atoms with Crippen molar-refractivity contribution in [3.63, 3.8) is 0 Å². The van der Waals surface area contributed by atoms with E-state index in [0.717, 1.165) is 22.6 Å². The Morgan fingerprint density at radius 2 is 1.96 bits per heavy atom. The summed E-state index contributed by atoms with van der Waals surface area (Å²) in [5.41, 5.74) is 5.74. The molecular formula is C19H17FN4O2. The van der Waals surface area contributed by atoms with E-state index in [2.05, 4.69) is 15.6 Å². The van der Waals surface area contributed by atoms with Crippen LogP contribution in [0.15, 0.2) is 53.6 Å². The molecule has 0 aliphatic carbocycles. The Balaban J connectivity index is 1.78. The summed E-state index contributed by atoms with van der Waals surface area (Å²) in [7, 11) is 0. The molecule has 0 saturated carbocycles. The number of aromatic nitrogens is 2. The van der Waals surface area contributed by atoms with Gasteiger partial charge in [0, 0.05) is 11.1 Å². The molecule has 0 spiro atoms. The van der Waals surface area contributed by atoms with Gasteiger partial charge in [-0.05, 0) is 56.3 Å². The number of amides is 1. The van der Waals surface area contributed by atoms with Gasteiger partial charge in [0.15, 0.2) is 0 Å². The zero-order chi connectivity index (χ0) is 18.7. The van der Waals surface area contributed by atoms with Crippen molar-refractivity contribution in [3.05, 3.63) is 76.9 Å². The number of halogens is 1.